The molecule has 1 aliphatic rings. The Kier molecular flexibility index (Phi) is 5.18. The second-order valence-electron chi connectivity index (χ2n) is 6.74. The molecule has 1 aliphatic heterocycles. The van der Waals surface area contributed by atoms with Gasteiger partial charge in [0.25, 0.3) is 0 Å². The average Bonchev–Trinajstić information content (AvgIpc) is 3.41. The minimum absolute atomic E-state index is 0.114. The number of aromatic nitrogens is 4. The Morgan fingerprint density at radius 2 is 2.21 bits per heavy atom. The van der Waals surface area contributed by atoms with Gasteiger partial charge in [0.05, 0.1) is 29.2 Å². The van der Waals surface area contributed by atoms with E-state index in [9.17, 15) is 10.1 Å². The fourth-order valence-electron chi connectivity index (χ4n) is 3.22. The number of hydrogen-bond donors (Lipinski definition) is 3. The molecule has 1 fully saturated rings. The van der Waals surface area contributed by atoms with Gasteiger partial charge in [-0.15, -0.1) is 0 Å². The predicted molar refractivity (Wildman–Crippen MR) is 108 cm³/mol. The van der Waals surface area contributed by atoms with Crippen LogP contribution in [0.15, 0.2) is 42.7 Å². The molecule has 0 saturated carbocycles. The lowest BCUT2D eigenvalue weighted by atomic mass is 10.1. The van der Waals surface area contributed by atoms with Crippen LogP contribution in [0.5, 0.6) is 0 Å². The van der Waals surface area contributed by atoms with Crippen LogP contribution in [0.2, 0.25) is 0 Å². The van der Waals surface area contributed by atoms with Crippen molar-refractivity contribution in [1.29, 1.82) is 5.26 Å². The number of amides is 1. The third-order valence-electron chi connectivity index (χ3n) is 4.79. The van der Waals surface area contributed by atoms with E-state index >= 15 is 0 Å². The monoisotopic (exact) mass is 388 g/mol. The molecule has 3 aromatic rings. The third-order valence-corrected chi connectivity index (χ3v) is 4.79. The SMILES string of the molecule is Cn1nccc1Nc1nccc(-c2ccc(NC(=O)[C@H]3CCCN3)c(C#N)c2)n1. The Hall–Kier alpha value is -3.77. The normalized spacial score (nSPS) is 15.7. The van der Waals surface area contributed by atoms with Gasteiger partial charge in [0.1, 0.15) is 11.9 Å². The summed E-state index contributed by atoms with van der Waals surface area (Å²) in [6.07, 6.45) is 5.11. The summed E-state index contributed by atoms with van der Waals surface area (Å²) in [5.41, 5.74) is 2.30. The lowest BCUT2D eigenvalue weighted by molar-refractivity contribution is -0.117. The molecule has 0 aliphatic carbocycles. The summed E-state index contributed by atoms with van der Waals surface area (Å²) < 4.78 is 1.68. The van der Waals surface area contributed by atoms with E-state index in [1.165, 1.54) is 0 Å². The van der Waals surface area contributed by atoms with Crippen LogP contribution in [0.4, 0.5) is 17.5 Å². The van der Waals surface area contributed by atoms with E-state index in [1.807, 2.05) is 19.2 Å². The summed E-state index contributed by atoms with van der Waals surface area (Å²) in [4.78, 5) is 21.1. The number of anilines is 3. The average molecular weight is 388 g/mol. The summed E-state index contributed by atoms with van der Waals surface area (Å²) >= 11 is 0. The molecule has 0 bridgehead atoms. The van der Waals surface area contributed by atoms with Crippen LogP contribution in [-0.2, 0) is 11.8 Å². The van der Waals surface area contributed by atoms with Gasteiger partial charge in [-0.05, 0) is 37.6 Å². The first-order chi connectivity index (χ1) is 14.1. The molecule has 3 N–H and O–H groups in total. The second-order valence-corrected chi connectivity index (χ2v) is 6.74. The molecular formula is C20H20N8O. The van der Waals surface area contributed by atoms with Crippen molar-refractivity contribution in [1.82, 2.24) is 25.1 Å². The lowest BCUT2D eigenvalue weighted by Crippen LogP contribution is -2.35. The van der Waals surface area contributed by atoms with Gasteiger partial charge in [-0.25, -0.2) is 9.97 Å². The third kappa shape index (κ3) is 4.07. The number of carbonyl (C=O) groups excluding carboxylic acids is 1. The van der Waals surface area contributed by atoms with Crippen LogP contribution in [-0.4, -0.2) is 38.2 Å². The van der Waals surface area contributed by atoms with Crippen LogP contribution in [0.1, 0.15) is 18.4 Å². The van der Waals surface area contributed by atoms with E-state index in [1.54, 1.807) is 35.3 Å². The Morgan fingerprint density at radius 1 is 1.31 bits per heavy atom. The minimum Gasteiger partial charge on any atom is -0.324 e. The molecule has 146 valence electrons. The van der Waals surface area contributed by atoms with E-state index in [4.69, 9.17) is 0 Å². The van der Waals surface area contributed by atoms with Crippen molar-refractivity contribution >= 4 is 23.4 Å². The topological polar surface area (TPSA) is 121 Å². The summed E-state index contributed by atoms with van der Waals surface area (Å²) in [6.45, 7) is 0.838. The molecule has 1 saturated heterocycles. The van der Waals surface area contributed by atoms with E-state index in [0.717, 1.165) is 30.8 Å². The number of nitriles is 1. The number of aryl methyl sites for hydroxylation is 1. The summed E-state index contributed by atoms with van der Waals surface area (Å²) in [6, 6.07) is 10.8. The zero-order chi connectivity index (χ0) is 20.2. The molecule has 0 radical (unpaired) electrons. The molecule has 0 unspecified atom stereocenters. The maximum Gasteiger partial charge on any atom is 0.241 e. The highest BCUT2D eigenvalue weighted by atomic mass is 16.2. The molecular weight excluding hydrogens is 368 g/mol. The van der Waals surface area contributed by atoms with Gasteiger partial charge in [0.2, 0.25) is 11.9 Å². The standard InChI is InChI=1S/C20H20N8O/c1-28-18(7-10-24-28)27-20-23-9-6-16(26-20)13-4-5-15(14(11-13)12-21)25-19(29)17-3-2-8-22-17/h4-7,9-11,17,22H,2-3,8H2,1H3,(H,25,29)(H,23,26,27)/t17-/m1/s1. The fraction of sp³-hybridized carbons (Fsp3) is 0.250. The summed E-state index contributed by atoms with van der Waals surface area (Å²) in [7, 11) is 1.82. The van der Waals surface area contributed by atoms with Gasteiger partial charge in [-0.2, -0.15) is 10.4 Å². The number of hydrogen-bond acceptors (Lipinski definition) is 7. The zero-order valence-corrected chi connectivity index (χ0v) is 15.9. The van der Waals surface area contributed by atoms with Crippen molar-refractivity contribution in [3.63, 3.8) is 0 Å². The van der Waals surface area contributed by atoms with E-state index in [2.05, 4.69) is 37.1 Å². The Morgan fingerprint density at radius 3 is 2.93 bits per heavy atom. The molecule has 1 aromatic carbocycles. The molecule has 9 nitrogen and oxygen atoms in total. The molecule has 1 amide bonds. The molecule has 9 heteroatoms. The number of carbonyl (C=O) groups is 1. The van der Waals surface area contributed by atoms with Gasteiger partial charge < -0.3 is 16.0 Å². The molecule has 4 rings (SSSR count). The number of rotatable bonds is 5. The Labute approximate surface area is 167 Å². The van der Waals surface area contributed by atoms with Gasteiger partial charge in [0.15, 0.2) is 0 Å². The van der Waals surface area contributed by atoms with Crippen LogP contribution in [0.25, 0.3) is 11.3 Å². The van der Waals surface area contributed by atoms with Crippen LogP contribution >= 0.6 is 0 Å². The first kappa shape index (κ1) is 18.6. The van der Waals surface area contributed by atoms with Crippen LogP contribution in [0, 0.1) is 11.3 Å². The van der Waals surface area contributed by atoms with Crippen molar-refractivity contribution in [3.8, 4) is 17.3 Å². The van der Waals surface area contributed by atoms with Crippen molar-refractivity contribution < 1.29 is 4.79 Å². The molecule has 2 aromatic heterocycles. The Bertz CT molecular complexity index is 1080. The quantitative estimate of drug-likeness (QED) is 0.612. The number of nitrogens with zero attached hydrogens (tertiary/aromatic N) is 5. The molecule has 29 heavy (non-hydrogen) atoms. The smallest absolute Gasteiger partial charge is 0.241 e. The van der Waals surface area contributed by atoms with E-state index in [-0.39, 0.29) is 11.9 Å². The van der Waals surface area contributed by atoms with Crippen LogP contribution in [0.3, 0.4) is 0 Å². The first-order valence-electron chi connectivity index (χ1n) is 9.31. The second kappa shape index (κ2) is 8.08. The first-order valence-corrected chi connectivity index (χ1v) is 9.31. The van der Waals surface area contributed by atoms with Gasteiger partial charge in [-0.1, -0.05) is 6.07 Å². The van der Waals surface area contributed by atoms with Gasteiger partial charge >= 0.3 is 0 Å². The number of benzene rings is 1. The Balaban J connectivity index is 1.56. The summed E-state index contributed by atoms with van der Waals surface area (Å²) in [5.74, 6) is 1.07. The highest BCUT2D eigenvalue weighted by Crippen LogP contribution is 2.25. The van der Waals surface area contributed by atoms with Crippen molar-refractivity contribution in [2.75, 3.05) is 17.2 Å². The fourth-order valence-corrected chi connectivity index (χ4v) is 3.22. The highest BCUT2D eigenvalue weighted by Gasteiger charge is 2.22. The van der Waals surface area contributed by atoms with Crippen molar-refractivity contribution in [2.24, 2.45) is 7.05 Å². The maximum absolute atomic E-state index is 12.3. The van der Waals surface area contributed by atoms with Crippen LogP contribution < -0.4 is 16.0 Å². The predicted octanol–water partition coefficient (Wildman–Crippen LogP) is 2.18. The molecule has 1 atom stereocenters. The van der Waals surface area contributed by atoms with Gasteiger partial charge in [0, 0.05) is 24.9 Å². The minimum atomic E-state index is -0.205. The maximum atomic E-state index is 12.3. The van der Waals surface area contributed by atoms with Crippen molar-refractivity contribution in [3.05, 3.63) is 48.3 Å². The largest absolute Gasteiger partial charge is 0.324 e. The van der Waals surface area contributed by atoms with Crippen molar-refractivity contribution in [2.45, 2.75) is 18.9 Å². The van der Waals surface area contributed by atoms with E-state index < -0.39 is 0 Å². The molecule has 0 spiro atoms. The number of nitrogens with one attached hydrogen (secondary N) is 3. The van der Waals surface area contributed by atoms with E-state index in [0.29, 0.717) is 22.9 Å². The lowest BCUT2D eigenvalue weighted by Gasteiger charge is -2.13. The highest BCUT2D eigenvalue weighted by molar-refractivity contribution is 5.96. The van der Waals surface area contributed by atoms with Gasteiger partial charge in [-0.3, -0.25) is 9.48 Å². The molecule has 3 heterocycles. The summed E-state index contributed by atoms with van der Waals surface area (Å²) in [5, 5.41) is 22.8. The zero-order valence-electron chi connectivity index (χ0n) is 15.9.